The second-order valence-electron chi connectivity index (χ2n) is 5.45. The summed E-state index contributed by atoms with van der Waals surface area (Å²) in [5.41, 5.74) is 2.05. The Kier molecular flexibility index (Phi) is 4.57. The molecular weight excluding hydrogens is 286 g/mol. The lowest BCUT2D eigenvalue weighted by Gasteiger charge is -2.20. The van der Waals surface area contributed by atoms with Gasteiger partial charge in [-0.1, -0.05) is 54.6 Å². The molecule has 3 rings (SSSR count). The largest absolute Gasteiger partial charge is 0.469 e. The minimum absolute atomic E-state index is 0.130. The molecule has 0 spiro atoms. The van der Waals surface area contributed by atoms with Gasteiger partial charge in [-0.25, -0.2) is 0 Å². The zero-order valence-corrected chi connectivity index (χ0v) is 13.0. The fourth-order valence-corrected chi connectivity index (χ4v) is 2.66. The van der Waals surface area contributed by atoms with E-state index in [1.807, 2.05) is 42.5 Å². The molecule has 3 aromatic rings. The number of hydrogen-bond donors (Lipinski definition) is 1. The summed E-state index contributed by atoms with van der Waals surface area (Å²) in [6, 6.07) is 24.2. The third kappa shape index (κ3) is 3.69. The van der Waals surface area contributed by atoms with Crippen LogP contribution in [-0.2, 0) is 9.53 Å². The van der Waals surface area contributed by atoms with Crippen molar-refractivity contribution in [3.63, 3.8) is 0 Å². The molecule has 0 aliphatic heterocycles. The van der Waals surface area contributed by atoms with E-state index in [2.05, 4.69) is 35.6 Å². The molecule has 0 saturated heterocycles. The Hall–Kier alpha value is -2.81. The molecule has 0 aromatic heterocycles. The van der Waals surface area contributed by atoms with Gasteiger partial charge >= 0.3 is 5.97 Å². The van der Waals surface area contributed by atoms with E-state index in [9.17, 15) is 4.79 Å². The number of para-hydroxylation sites is 1. The topological polar surface area (TPSA) is 38.3 Å². The highest BCUT2D eigenvalue weighted by Crippen LogP contribution is 2.26. The summed E-state index contributed by atoms with van der Waals surface area (Å²) in [6.45, 7) is 0. The van der Waals surface area contributed by atoms with E-state index >= 15 is 0 Å². The Morgan fingerprint density at radius 1 is 0.957 bits per heavy atom. The standard InChI is InChI=1S/C20H19NO2/c1-23-20(22)14-19(21-18-9-3-2-4-10-18)17-12-11-15-7-5-6-8-16(15)13-17/h2-13,19,21H,14H2,1H3. The van der Waals surface area contributed by atoms with E-state index in [0.29, 0.717) is 0 Å². The predicted octanol–water partition coefficient (Wildman–Crippen LogP) is 4.56. The van der Waals surface area contributed by atoms with Crippen molar-refractivity contribution in [3.05, 3.63) is 78.4 Å². The van der Waals surface area contributed by atoms with Crippen LogP contribution >= 0.6 is 0 Å². The molecule has 0 saturated carbocycles. The van der Waals surface area contributed by atoms with Crippen LogP contribution in [0.2, 0.25) is 0 Å². The van der Waals surface area contributed by atoms with Gasteiger partial charge in [-0.05, 0) is 34.5 Å². The molecule has 23 heavy (non-hydrogen) atoms. The molecular formula is C20H19NO2. The van der Waals surface area contributed by atoms with Gasteiger partial charge in [0.1, 0.15) is 0 Å². The van der Waals surface area contributed by atoms with E-state index in [4.69, 9.17) is 4.74 Å². The molecule has 0 radical (unpaired) electrons. The molecule has 0 fully saturated rings. The molecule has 3 heteroatoms. The number of hydrogen-bond acceptors (Lipinski definition) is 3. The smallest absolute Gasteiger partial charge is 0.307 e. The third-order valence-corrected chi connectivity index (χ3v) is 3.89. The number of anilines is 1. The monoisotopic (exact) mass is 305 g/mol. The Morgan fingerprint density at radius 3 is 2.39 bits per heavy atom. The summed E-state index contributed by atoms with van der Waals surface area (Å²) >= 11 is 0. The highest BCUT2D eigenvalue weighted by atomic mass is 16.5. The summed E-state index contributed by atoms with van der Waals surface area (Å²) in [6.07, 6.45) is 0.281. The lowest BCUT2D eigenvalue weighted by Crippen LogP contribution is -2.16. The highest BCUT2D eigenvalue weighted by molar-refractivity contribution is 5.83. The SMILES string of the molecule is COC(=O)CC(Nc1ccccc1)c1ccc2ccccc2c1. The minimum atomic E-state index is -0.230. The number of ether oxygens (including phenoxy) is 1. The van der Waals surface area contributed by atoms with Gasteiger partial charge in [-0.15, -0.1) is 0 Å². The van der Waals surface area contributed by atoms with Crippen LogP contribution in [0.25, 0.3) is 10.8 Å². The maximum atomic E-state index is 11.8. The zero-order valence-electron chi connectivity index (χ0n) is 13.0. The first kappa shape index (κ1) is 15.1. The van der Waals surface area contributed by atoms with Gasteiger partial charge in [-0.2, -0.15) is 0 Å². The van der Waals surface area contributed by atoms with Crippen LogP contribution in [0.15, 0.2) is 72.8 Å². The van der Waals surface area contributed by atoms with Gasteiger partial charge in [0.25, 0.3) is 0 Å². The lowest BCUT2D eigenvalue weighted by atomic mass is 9.99. The van der Waals surface area contributed by atoms with Crippen LogP contribution in [0.3, 0.4) is 0 Å². The van der Waals surface area contributed by atoms with Crippen LogP contribution in [0.5, 0.6) is 0 Å². The third-order valence-electron chi connectivity index (χ3n) is 3.89. The number of nitrogens with one attached hydrogen (secondary N) is 1. The Bertz CT molecular complexity index is 799. The summed E-state index contributed by atoms with van der Waals surface area (Å²) in [7, 11) is 1.42. The predicted molar refractivity (Wildman–Crippen MR) is 93.4 cm³/mol. The van der Waals surface area contributed by atoms with Gasteiger partial charge in [-0.3, -0.25) is 4.79 Å². The van der Waals surface area contributed by atoms with Crippen LogP contribution in [0, 0.1) is 0 Å². The van der Waals surface area contributed by atoms with Crippen LogP contribution in [0.1, 0.15) is 18.0 Å². The van der Waals surface area contributed by atoms with Gasteiger partial charge in [0, 0.05) is 5.69 Å². The van der Waals surface area contributed by atoms with Crippen LogP contribution in [-0.4, -0.2) is 13.1 Å². The maximum Gasteiger partial charge on any atom is 0.307 e. The molecule has 3 nitrogen and oxygen atoms in total. The number of benzene rings is 3. The maximum absolute atomic E-state index is 11.8. The molecule has 1 N–H and O–H groups in total. The minimum Gasteiger partial charge on any atom is -0.469 e. The van der Waals surface area contributed by atoms with E-state index in [0.717, 1.165) is 16.6 Å². The lowest BCUT2D eigenvalue weighted by molar-refractivity contribution is -0.140. The fraction of sp³-hybridized carbons (Fsp3) is 0.150. The first-order valence-electron chi connectivity index (χ1n) is 7.63. The normalized spacial score (nSPS) is 11.9. The molecule has 1 atom stereocenters. The molecule has 0 heterocycles. The van der Waals surface area contributed by atoms with Crippen molar-refractivity contribution in [3.8, 4) is 0 Å². The molecule has 0 amide bonds. The average molecular weight is 305 g/mol. The molecule has 0 aliphatic carbocycles. The summed E-state index contributed by atoms with van der Waals surface area (Å²) in [4.78, 5) is 11.8. The van der Waals surface area contributed by atoms with Crippen molar-refractivity contribution in [2.45, 2.75) is 12.5 Å². The van der Waals surface area contributed by atoms with Gasteiger partial charge in [0.2, 0.25) is 0 Å². The first-order valence-corrected chi connectivity index (χ1v) is 7.63. The second-order valence-corrected chi connectivity index (χ2v) is 5.45. The number of carbonyl (C=O) groups is 1. The molecule has 116 valence electrons. The van der Waals surface area contributed by atoms with Crippen molar-refractivity contribution in [1.29, 1.82) is 0 Å². The van der Waals surface area contributed by atoms with Crippen LogP contribution in [0.4, 0.5) is 5.69 Å². The molecule has 3 aromatic carbocycles. The zero-order chi connectivity index (χ0) is 16.1. The fourth-order valence-electron chi connectivity index (χ4n) is 2.66. The molecule has 1 unspecified atom stereocenters. The van der Waals surface area contributed by atoms with E-state index < -0.39 is 0 Å². The Balaban J connectivity index is 1.93. The summed E-state index contributed by atoms with van der Waals surface area (Å²) in [5, 5.41) is 5.77. The first-order chi connectivity index (χ1) is 11.3. The van der Waals surface area contributed by atoms with Crippen LogP contribution < -0.4 is 5.32 Å². The number of carbonyl (C=O) groups excluding carboxylic acids is 1. The Morgan fingerprint density at radius 2 is 1.65 bits per heavy atom. The van der Waals surface area contributed by atoms with Crippen molar-refractivity contribution >= 4 is 22.4 Å². The van der Waals surface area contributed by atoms with E-state index in [1.54, 1.807) is 0 Å². The number of fused-ring (bicyclic) bond motifs is 1. The quantitative estimate of drug-likeness (QED) is 0.702. The summed E-state index contributed by atoms with van der Waals surface area (Å²) in [5.74, 6) is -0.230. The number of methoxy groups -OCH3 is 1. The summed E-state index contributed by atoms with van der Waals surface area (Å²) < 4.78 is 4.85. The second kappa shape index (κ2) is 6.97. The van der Waals surface area contributed by atoms with Crippen molar-refractivity contribution < 1.29 is 9.53 Å². The van der Waals surface area contributed by atoms with Crippen molar-refractivity contribution in [2.24, 2.45) is 0 Å². The van der Waals surface area contributed by atoms with Gasteiger partial charge in [0.05, 0.1) is 19.6 Å². The average Bonchev–Trinajstić information content (AvgIpc) is 2.61. The van der Waals surface area contributed by atoms with Gasteiger partial charge in [0.15, 0.2) is 0 Å². The highest BCUT2D eigenvalue weighted by Gasteiger charge is 2.17. The number of esters is 1. The molecule has 0 bridgehead atoms. The van der Waals surface area contributed by atoms with Crippen molar-refractivity contribution in [1.82, 2.24) is 0 Å². The molecule has 0 aliphatic rings. The van der Waals surface area contributed by atoms with E-state index in [1.165, 1.54) is 12.5 Å². The number of rotatable bonds is 5. The van der Waals surface area contributed by atoms with Gasteiger partial charge < -0.3 is 10.1 Å². The van der Waals surface area contributed by atoms with Crippen molar-refractivity contribution in [2.75, 3.05) is 12.4 Å². The van der Waals surface area contributed by atoms with E-state index in [-0.39, 0.29) is 18.4 Å². The Labute approximate surface area is 135 Å².